The molecule has 0 spiro atoms. The third kappa shape index (κ3) is 5.07. The van der Waals surface area contributed by atoms with Crippen molar-refractivity contribution < 1.29 is 32.2 Å². The first-order chi connectivity index (χ1) is 14.9. The Bertz CT molecular complexity index is 1160. The van der Waals surface area contributed by atoms with E-state index in [9.17, 15) is 13.2 Å². The molecule has 0 atom stereocenters. The van der Waals surface area contributed by atoms with Crippen molar-refractivity contribution in [1.29, 1.82) is 0 Å². The van der Waals surface area contributed by atoms with Crippen LogP contribution in [0.2, 0.25) is 0 Å². The minimum atomic E-state index is -4.02. The number of carbonyl (C=O) groups excluding carboxylic acids is 1. The predicted octanol–water partition coefficient (Wildman–Crippen LogP) is 4.08. The van der Waals surface area contributed by atoms with E-state index in [2.05, 4.69) is 4.72 Å². The van der Waals surface area contributed by atoms with Crippen molar-refractivity contribution in [1.82, 2.24) is 0 Å². The minimum absolute atomic E-state index is 0.00545. The molecular weight excluding hydrogens is 422 g/mol. The van der Waals surface area contributed by atoms with Crippen LogP contribution < -0.4 is 18.9 Å². The molecule has 9 heteroatoms. The summed E-state index contributed by atoms with van der Waals surface area (Å²) in [6.45, 7) is 0. The fourth-order valence-electron chi connectivity index (χ4n) is 2.76. The molecule has 1 N–H and O–H groups in total. The Labute approximate surface area is 180 Å². The number of esters is 1. The molecule has 0 fully saturated rings. The number of para-hydroxylation sites is 1. The van der Waals surface area contributed by atoms with Crippen molar-refractivity contribution in [2.45, 2.75) is 4.90 Å². The standard InChI is InChI=1S/C22H21NO7S/c1-27-20-13-18(22(24)29-3)19(14-21(20)28-2)23-31(25,26)17-11-9-16(10-12-17)30-15-7-5-4-6-8-15/h4-14,23H,1-3H3. The molecule has 0 aromatic heterocycles. The van der Waals surface area contributed by atoms with Gasteiger partial charge in [-0.1, -0.05) is 18.2 Å². The number of sulfonamides is 1. The molecular formula is C22H21NO7S. The molecule has 3 rings (SSSR count). The van der Waals surface area contributed by atoms with E-state index in [1.807, 2.05) is 18.2 Å². The van der Waals surface area contributed by atoms with Crippen molar-refractivity contribution in [3.05, 3.63) is 72.3 Å². The minimum Gasteiger partial charge on any atom is -0.493 e. The van der Waals surface area contributed by atoms with Crippen molar-refractivity contribution in [3.63, 3.8) is 0 Å². The van der Waals surface area contributed by atoms with Crippen molar-refractivity contribution >= 4 is 21.7 Å². The van der Waals surface area contributed by atoms with Crippen LogP contribution in [0.3, 0.4) is 0 Å². The van der Waals surface area contributed by atoms with Crippen LogP contribution in [0.25, 0.3) is 0 Å². The number of rotatable bonds is 8. The van der Waals surface area contributed by atoms with Crippen molar-refractivity contribution in [3.8, 4) is 23.0 Å². The van der Waals surface area contributed by atoms with E-state index in [1.165, 1.54) is 57.7 Å². The van der Waals surface area contributed by atoms with Gasteiger partial charge >= 0.3 is 5.97 Å². The molecule has 0 bridgehead atoms. The number of hydrogen-bond acceptors (Lipinski definition) is 7. The lowest BCUT2D eigenvalue weighted by Crippen LogP contribution is -2.16. The number of nitrogens with one attached hydrogen (secondary N) is 1. The first kappa shape index (κ1) is 22.0. The molecule has 3 aromatic carbocycles. The molecule has 162 valence electrons. The van der Waals surface area contributed by atoms with Gasteiger partial charge in [0.15, 0.2) is 11.5 Å². The summed E-state index contributed by atoms with van der Waals surface area (Å²) in [5.74, 6) is 0.883. The summed E-state index contributed by atoms with van der Waals surface area (Å²) in [6.07, 6.45) is 0. The summed E-state index contributed by atoms with van der Waals surface area (Å²) in [6, 6.07) is 17.7. The lowest BCUT2D eigenvalue weighted by Gasteiger charge is -2.15. The second-order valence-corrected chi connectivity index (χ2v) is 7.92. The molecule has 0 heterocycles. The molecule has 8 nitrogen and oxygen atoms in total. The highest BCUT2D eigenvalue weighted by atomic mass is 32.2. The van der Waals surface area contributed by atoms with Gasteiger partial charge in [-0.2, -0.15) is 0 Å². The molecule has 0 amide bonds. The maximum Gasteiger partial charge on any atom is 0.340 e. The maximum atomic E-state index is 12.9. The Balaban J connectivity index is 1.90. The first-order valence-corrected chi connectivity index (χ1v) is 10.6. The third-order valence-corrected chi connectivity index (χ3v) is 5.67. The average molecular weight is 443 g/mol. The van der Waals surface area contributed by atoms with E-state index >= 15 is 0 Å². The van der Waals surface area contributed by atoms with Gasteiger partial charge in [0, 0.05) is 12.1 Å². The number of ether oxygens (including phenoxy) is 4. The highest BCUT2D eigenvalue weighted by molar-refractivity contribution is 7.92. The molecule has 0 aliphatic rings. The summed E-state index contributed by atoms with van der Waals surface area (Å²) in [5, 5.41) is 0. The molecule has 31 heavy (non-hydrogen) atoms. The highest BCUT2D eigenvalue weighted by Crippen LogP contribution is 2.35. The third-order valence-electron chi connectivity index (χ3n) is 4.29. The number of carbonyl (C=O) groups is 1. The van der Waals surface area contributed by atoms with Gasteiger partial charge in [-0.15, -0.1) is 0 Å². The Kier molecular flexibility index (Phi) is 6.66. The van der Waals surface area contributed by atoms with Gasteiger partial charge in [-0.05, 0) is 36.4 Å². The molecule has 0 aliphatic carbocycles. The van der Waals surface area contributed by atoms with Crippen LogP contribution in [-0.4, -0.2) is 35.7 Å². The summed E-state index contributed by atoms with van der Waals surface area (Å²) >= 11 is 0. The van der Waals surface area contributed by atoms with Gasteiger partial charge in [0.05, 0.1) is 37.5 Å². The Morgan fingerprint density at radius 3 is 1.97 bits per heavy atom. The fourth-order valence-corrected chi connectivity index (χ4v) is 3.83. The Morgan fingerprint density at radius 2 is 1.39 bits per heavy atom. The molecule has 0 saturated carbocycles. The second-order valence-electron chi connectivity index (χ2n) is 6.24. The zero-order valence-electron chi connectivity index (χ0n) is 17.1. The van der Waals surface area contributed by atoms with E-state index in [0.717, 1.165) is 0 Å². The number of hydrogen-bond donors (Lipinski definition) is 1. The van der Waals surface area contributed by atoms with Crippen molar-refractivity contribution in [2.24, 2.45) is 0 Å². The number of methoxy groups -OCH3 is 3. The zero-order valence-corrected chi connectivity index (χ0v) is 17.9. The predicted molar refractivity (Wildman–Crippen MR) is 115 cm³/mol. The lowest BCUT2D eigenvalue weighted by atomic mass is 10.1. The van der Waals surface area contributed by atoms with Gasteiger partial charge in [-0.3, -0.25) is 4.72 Å². The van der Waals surface area contributed by atoms with Crippen LogP contribution in [0.15, 0.2) is 71.6 Å². The SMILES string of the molecule is COC(=O)c1cc(OC)c(OC)cc1NS(=O)(=O)c1ccc(Oc2ccccc2)cc1. The first-order valence-electron chi connectivity index (χ1n) is 9.08. The highest BCUT2D eigenvalue weighted by Gasteiger charge is 2.22. The van der Waals surface area contributed by atoms with Crippen LogP contribution in [0.5, 0.6) is 23.0 Å². The smallest absolute Gasteiger partial charge is 0.340 e. The van der Waals surface area contributed by atoms with Crippen LogP contribution in [0, 0.1) is 0 Å². The zero-order chi connectivity index (χ0) is 22.4. The van der Waals surface area contributed by atoms with E-state index in [-0.39, 0.29) is 27.6 Å². The van der Waals surface area contributed by atoms with Gasteiger partial charge in [0.25, 0.3) is 10.0 Å². The molecule has 0 saturated heterocycles. The van der Waals surface area contributed by atoms with Crippen LogP contribution >= 0.6 is 0 Å². The normalized spacial score (nSPS) is 10.8. The van der Waals surface area contributed by atoms with E-state index < -0.39 is 16.0 Å². The fraction of sp³-hybridized carbons (Fsp3) is 0.136. The van der Waals surface area contributed by atoms with Crippen LogP contribution in [0.4, 0.5) is 5.69 Å². The van der Waals surface area contributed by atoms with E-state index in [0.29, 0.717) is 11.5 Å². The molecule has 0 unspecified atom stereocenters. The number of benzene rings is 3. The van der Waals surface area contributed by atoms with Gasteiger partial charge < -0.3 is 18.9 Å². The van der Waals surface area contributed by atoms with Crippen LogP contribution in [-0.2, 0) is 14.8 Å². The monoisotopic (exact) mass is 443 g/mol. The van der Waals surface area contributed by atoms with Crippen molar-refractivity contribution in [2.75, 3.05) is 26.1 Å². The lowest BCUT2D eigenvalue weighted by molar-refractivity contribution is 0.0601. The molecule has 3 aromatic rings. The number of anilines is 1. The largest absolute Gasteiger partial charge is 0.493 e. The van der Waals surface area contributed by atoms with Gasteiger partial charge in [-0.25, -0.2) is 13.2 Å². The summed E-state index contributed by atoms with van der Waals surface area (Å²) in [4.78, 5) is 12.2. The van der Waals surface area contributed by atoms with E-state index in [1.54, 1.807) is 12.1 Å². The van der Waals surface area contributed by atoms with E-state index in [4.69, 9.17) is 18.9 Å². The molecule has 0 aliphatic heterocycles. The molecule has 0 radical (unpaired) electrons. The average Bonchev–Trinajstić information content (AvgIpc) is 2.79. The summed E-state index contributed by atoms with van der Waals surface area (Å²) in [7, 11) is -0.0175. The topological polar surface area (TPSA) is 100 Å². The second kappa shape index (κ2) is 9.40. The maximum absolute atomic E-state index is 12.9. The van der Waals surface area contributed by atoms with Crippen LogP contribution in [0.1, 0.15) is 10.4 Å². The summed E-state index contributed by atoms with van der Waals surface area (Å²) in [5.41, 5.74) is -0.0260. The van der Waals surface area contributed by atoms with Gasteiger partial charge in [0.1, 0.15) is 11.5 Å². The Morgan fingerprint density at radius 1 is 0.806 bits per heavy atom. The quantitative estimate of drug-likeness (QED) is 0.524. The summed E-state index contributed by atoms with van der Waals surface area (Å²) < 4.78 is 49.1. The van der Waals surface area contributed by atoms with Gasteiger partial charge in [0.2, 0.25) is 0 Å². The Hall–Kier alpha value is -3.72.